The van der Waals surface area contributed by atoms with Gasteiger partial charge in [-0.2, -0.15) is 4.98 Å². The molecule has 2 N–H and O–H groups in total. The lowest BCUT2D eigenvalue weighted by molar-refractivity contribution is 0.0374. The van der Waals surface area contributed by atoms with E-state index in [1.807, 2.05) is 16.7 Å². The molecule has 190 valence electrons. The van der Waals surface area contributed by atoms with Crippen molar-refractivity contribution in [1.82, 2.24) is 24.8 Å². The van der Waals surface area contributed by atoms with Crippen LogP contribution < -0.4 is 16.1 Å². The van der Waals surface area contributed by atoms with Crippen LogP contribution in [0.15, 0.2) is 41.5 Å². The average molecular weight is 491 g/mol. The molecule has 5 rings (SSSR count). The summed E-state index contributed by atoms with van der Waals surface area (Å²) < 4.78 is 7.41. The number of benzene rings is 1. The molecule has 2 aromatic heterocycles. The summed E-state index contributed by atoms with van der Waals surface area (Å²) in [5, 5.41) is 6.21. The third-order valence-electron chi connectivity index (χ3n) is 7.21. The maximum Gasteiger partial charge on any atom is 0.256 e. The molecule has 1 amide bonds. The van der Waals surface area contributed by atoms with Crippen LogP contribution in [0.25, 0.3) is 11.0 Å². The molecule has 36 heavy (non-hydrogen) atoms. The van der Waals surface area contributed by atoms with E-state index in [0.29, 0.717) is 17.0 Å². The number of amides is 1. The number of carbonyl (C=O) groups is 1. The topological polar surface area (TPSA) is 101 Å². The first-order chi connectivity index (χ1) is 17.6. The average Bonchev–Trinajstić information content (AvgIpc) is 3.45. The number of hydrogen-bond acceptors (Lipinski definition) is 7. The number of nitrogens with zero attached hydrogens (tertiary/aromatic N) is 4. The lowest BCUT2D eigenvalue weighted by Crippen LogP contribution is -2.36. The molecule has 1 aliphatic heterocycles. The van der Waals surface area contributed by atoms with Gasteiger partial charge in [-0.25, -0.2) is 4.98 Å². The van der Waals surface area contributed by atoms with Crippen molar-refractivity contribution in [2.24, 2.45) is 0 Å². The van der Waals surface area contributed by atoms with E-state index in [-0.39, 0.29) is 22.9 Å². The van der Waals surface area contributed by atoms with E-state index in [1.54, 1.807) is 6.20 Å². The first kappa shape index (κ1) is 24.4. The molecule has 9 nitrogen and oxygen atoms in total. The normalized spacial score (nSPS) is 16.9. The Morgan fingerprint density at radius 3 is 2.61 bits per heavy atom. The second-order valence-electron chi connectivity index (χ2n) is 9.61. The Hall–Kier alpha value is -3.30. The maximum atomic E-state index is 13.0. The number of carbonyl (C=O) groups excluding carboxylic acids is 1. The van der Waals surface area contributed by atoms with Gasteiger partial charge in [0.25, 0.3) is 5.91 Å². The zero-order chi connectivity index (χ0) is 24.9. The van der Waals surface area contributed by atoms with Crippen molar-refractivity contribution in [3.8, 4) is 0 Å². The summed E-state index contributed by atoms with van der Waals surface area (Å²) in [4.78, 5) is 36.9. The third-order valence-corrected chi connectivity index (χ3v) is 7.21. The van der Waals surface area contributed by atoms with E-state index in [2.05, 4.69) is 32.7 Å². The van der Waals surface area contributed by atoms with E-state index in [1.165, 1.54) is 18.8 Å². The number of morpholine rings is 1. The van der Waals surface area contributed by atoms with Gasteiger partial charge in [0.2, 0.25) is 11.4 Å². The number of ether oxygens (including phenoxy) is 1. The zero-order valence-corrected chi connectivity index (χ0v) is 20.8. The van der Waals surface area contributed by atoms with Crippen LogP contribution in [0.5, 0.6) is 0 Å². The van der Waals surface area contributed by atoms with Gasteiger partial charge >= 0.3 is 0 Å². The van der Waals surface area contributed by atoms with Gasteiger partial charge in [-0.05, 0) is 49.9 Å². The van der Waals surface area contributed by atoms with E-state index >= 15 is 0 Å². The minimum Gasteiger partial charge on any atom is -0.379 e. The minimum atomic E-state index is -0.388. The molecule has 1 aliphatic carbocycles. The molecule has 2 aliphatic rings. The molecular weight excluding hydrogens is 456 g/mol. The summed E-state index contributed by atoms with van der Waals surface area (Å²) in [6.45, 7) is 4.82. The number of pyridine rings is 1. The Morgan fingerprint density at radius 1 is 1.14 bits per heavy atom. The standard InChI is InChI=1S/C27H34N6O3/c1-28-26(35)23-18-33(21-6-2-3-7-21)25-22(24(23)34)17-29-27(31-25)30-20-10-8-19(9-11-20)5-4-12-32-13-15-36-16-14-32/h8-11,17-18,21H,2-7,12-16H2,1H3,(H,28,35)(H,29,30,31). The molecule has 0 atom stereocenters. The highest BCUT2D eigenvalue weighted by molar-refractivity contribution is 5.96. The monoisotopic (exact) mass is 490 g/mol. The minimum absolute atomic E-state index is 0.130. The van der Waals surface area contributed by atoms with Gasteiger partial charge in [-0.15, -0.1) is 0 Å². The van der Waals surface area contributed by atoms with E-state index in [0.717, 1.165) is 77.1 Å². The van der Waals surface area contributed by atoms with Crippen LogP contribution in [-0.2, 0) is 11.2 Å². The van der Waals surface area contributed by atoms with E-state index in [4.69, 9.17) is 9.72 Å². The van der Waals surface area contributed by atoms with Crippen molar-refractivity contribution in [3.63, 3.8) is 0 Å². The summed E-state index contributed by atoms with van der Waals surface area (Å²) in [6.07, 6.45) is 9.62. The van der Waals surface area contributed by atoms with Gasteiger partial charge < -0.3 is 19.9 Å². The zero-order valence-electron chi connectivity index (χ0n) is 20.8. The number of anilines is 2. The van der Waals surface area contributed by atoms with Crippen LogP contribution in [0.3, 0.4) is 0 Å². The van der Waals surface area contributed by atoms with Crippen molar-refractivity contribution in [1.29, 1.82) is 0 Å². The number of nitrogens with one attached hydrogen (secondary N) is 2. The van der Waals surface area contributed by atoms with Crippen molar-refractivity contribution in [3.05, 3.63) is 58.0 Å². The molecule has 0 unspecified atom stereocenters. The highest BCUT2D eigenvalue weighted by atomic mass is 16.5. The molecule has 9 heteroatoms. The van der Waals surface area contributed by atoms with Crippen LogP contribution in [0.4, 0.5) is 11.6 Å². The molecule has 0 radical (unpaired) electrons. The molecule has 1 saturated heterocycles. The number of aryl methyl sites for hydroxylation is 1. The highest BCUT2D eigenvalue weighted by Crippen LogP contribution is 2.31. The molecular formula is C27H34N6O3. The fourth-order valence-corrected chi connectivity index (χ4v) is 5.17. The summed E-state index contributed by atoms with van der Waals surface area (Å²) in [5.41, 5.74) is 2.54. The summed E-state index contributed by atoms with van der Waals surface area (Å²) in [7, 11) is 1.53. The number of rotatable bonds is 8. The fraction of sp³-hybridized carbons (Fsp3) is 0.481. The summed E-state index contributed by atoms with van der Waals surface area (Å²) in [6, 6.07) is 8.56. The number of aromatic nitrogens is 3. The Labute approximate surface area is 210 Å². The Balaban J connectivity index is 1.32. The van der Waals surface area contributed by atoms with Crippen molar-refractivity contribution in [2.75, 3.05) is 45.2 Å². The van der Waals surface area contributed by atoms with Gasteiger partial charge in [0.15, 0.2) is 0 Å². The third kappa shape index (κ3) is 5.42. The highest BCUT2D eigenvalue weighted by Gasteiger charge is 2.23. The molecule has 0 bridgehead atoms. The molecule has 3 heterocycles. The molecule has 3 aromatic rings. The van der Waals surface area contributed by atoms with E-state index < -0.39 is 0 Å². The largest absolute Gasteiger partial charge is 0.379 e. The second-order valence-corrected chi connectivity index (χ2v) is 9.61. The van der Waals surface area contributed by atoms with Gasteiger partial charge in [0, 0.05) is 44.3 Å². The van der Waals surface area contributed by atoms with Crippen molar-refractivity contribution >= 4 is 28.6 Å². The van der Waals surface area contributed by atoms with Crippen LogP contribution in [-0.4, -0.2) is 65.2 Å². The Morgan fingerprint density at radius 2 is 1.89 bits per heavy atom. The van der Waals surface area contributed by atoms with Crippen LogP contribution in [0.1, 0.15) is 54.1 Å². The Bertz CT molecular complexity index is 1260. The SMILES string of the molecule is CNC(=O)c1cn(C2CCCC2)c2nc(Nc3ccc(CCCN4CCOCC4)cc3)ncc2c1=O. The first-order valence-electron chi connectivity index (χ1n) is 12.9. The molecule has 0 spiro atoms. The van der Waals surface area contributed by atoms with Gasteiger partial charge in [0.05, 0.1) is 18.6 Å². The second kappa shape index (κ2) is 11.2. The fourth-order valence-electron chi connectivity index (χ4n) is 5.17. The van der Waals surface area contributed by atoms with Crippen molar-refractivity contribution in [2.45, 2.75) is 44.6 Å². The van der Waals surface area contributed by atoms with Gasteiger partial charge in [0.1, 0.15) is 11.2 Å². The van der Waals surface area contributed by atoms with Gasteiger partial charge in [-0.3, -0.25) is 14.5 Å². The number of fused-ring (bicyclic) bond motifs is 1. The molecule has 1 aromatic carbocycles. The predicted octanol–water partition coefficient (Wildman–Crippen LogP) is 3.27. The number of hydrogen-bond donors (Lipinski definition) is 2. The van der Waals surface area contributed by atoms with Crippen LogP contribution >= 0.6 is 0 Å². The van der Waals surface area contributed by atoms with Gasteiger partial charge in [-0.1, -0.05) is 25.0 Å². The summed E-state index contributed by atoms with van der Waals surface area (Å²) in [5.74, 6) is 0.0438. The molecule has 1 saturated carbocycles. The molecule has 2 fully saturated rings. The summed E-state index contributed by atoms with van der Waals surface area (Å²) >= 11 is 0. The lowest BCUT2D eigenvalue weighted by atomic mass is 10.1. The van der Waals surface area contributed by atoms with Crippen molar-refractivity contribution < 1.29 is 9.53 Å². The van der Waals surface area contributed by atoms with E-state index in [9.17, 15) is 9.59 Å². The lowest BCUT2D eigenvalue weighted by Gasteiger charge is -2.26. The van der Waals surface area contributed by atoms with Crippen LogP contribution in [0.2, 0.25) is 0 Å². The quantitative estimate of drug-likeness (QED) is 0.500. The Kier molecular flexibility index (Phi) is 7.58. The predicted molar refractivity (Wildman–Crippen MR) is 140 cm³/mol. The van der Waals surface area contributed by atoms with Crippen LogP contribution in [0, 0.1) is 0 Å². The smallest absolute Gasteiger partial charge is 0.256 e. The maximum absolute atomic E-state index is 13.0. The first-order valence-corrected chi connectivity index (χ1v) is 12.9.